The highest BCUT2D eigenvalue weighted by Gasteiger charge is 2.36. The van der Waals surface area contributed by atoms with Crippen molar-refractivity contribution in [3.05, 3.63) is 47.0 Å². The zero-order valence-electron chi connectivity index (χ0n) is 17.7. The number of β-amino-alcohol motifs (C(OH)–C–C–N with tert-alkyl or cyclic N) is 1. The van der Waals surface area contributed by atoms with E-state index in [0.717, 1.165) is 54.4 Å². The molecule has 1 fully saturated rings. The second kappa shape index (κ2) is 9.69. The number of fused-ring (bicyclic) bond motifs is 1. The number of anilines is 1. The highest BCUT2D eigenvalue weighted by atomic mass is 35.5. The van der Waals surface area contributed by atoms with Gasteiger partial charge in [0.2, 0.25) is 5.91 Å². The fourth-order valence-electron chi connectivity index (χ4n) is 4.08. The molecule has 1 amide bonds. The summed E-state index contributed by atoms with van der Waals surface area (Å²) in [5.41, 5.74) is 1.75. The Kier molecular flexibility index (Phi) is 6.96. The molecule has 31 heavy (non-hydrogen) atoms. The normalized spacial score (nSPS) is 20.7. The fraction of sp³-hybridized carbons (Fsp3) is 0.435. The van der Waals surface area contributed by atoms with Gasteiger partial charge in [0.25, 0.3) is 0 Å². The summed E-state index contributed by atoms with van der Waals surface area (Å²) < 4.78 is 11.6. The molecule has 0 saturated carbocycles. The molecule has 0 aliphatic carbocycles. The number of aliphatic hydroxyl groups excluding tert-OH is 1. The quantitative estimate of drug-likeness (QED) is 0.617. The average Bonchev–Trinajstić information content (AvgIpc) is 3.34. The Labute approximate surface area is 192 Å². The molecule has 2 aromatic carbocycles. The smallest absolute Gasteiger partial charge is 0.225 e. The van der Waals surface area contributed by atoms with E-state index < -0.39 is 0 Å². The minimum atomic E-state index is -0.259. The van der Waals surface area contributed by atoms with Crippen LogP contribution in [0, 0.1) is 0 Å². The number of nitrogens with zero attached hydrogens (tertiary/aromatic N) is 2. The summed E-state index contributed by atoms with van der Waals surface area (Å²) in [4.78, 5) is 17.6. The first-order chi connectivity index (χ1) is 15.0. The maximum Gasteiger partial charge on any atom is 0.225 e. The van der Waals surface area contributed by atoms with Gasteiger partial charge in [0.15, 0.2) is 0 Å². The average molecular weight is 463 g/mol. The van der Waals surface area contributed by atoms with E-state index in [1.165, 1.54) is 0 Å². The Morgan fingerprint density at radius 1 is 1.29 bits per heavy atom. The number of carbonyl (C=O) groups excluding carboxylic acids is 1. The number of halogens is 1. The van der Waals surface area contributed by atoms with Crippen LogP contribution < -0.4 is 14.4 Å². The largest absolute Gasteiger partial charge is 0.497 e. The number of carbonyl (C=O) groups is 1. The number of aliphatic hydroxyl groups is 1. The van der Waals surface area contributed by atoms with Crippen molar-refractivity contribution in [1.82, 2.24) is 4.90 Å². The Bertz CT molecular complexity index is 957. The molecule has 0 spiro atoms. The summed E-state index contributed by atoms with van der Waals surface area (Å²) in [6.07, 6.45) is 1.50. The molecular weight excluding hydrogens is 436 g/mol. The monoisotopic (exact) mass is 462 g/mol. The van der Waals surface area contributed by atoms with Crippen molar-refractivity contribution in [2.45, 2.75) is 36.1 Å². The Balaban J connectivity index is 1.53. The molecule has 0 aromatic heterocycles. The molecule has 0 radical (unpaired) electrons. The van der Waals surface area contributed by atoms with Crippen LogP contribution in [0.25, 0.3) is 0 Å². The van der Waals surface area contributed by atoms with Gasteiger partial charge in [-0.2, -0.15) is 0 Å². The minimum absolute atomic E-state index is 0.0417. The molecule has 8 heteroatoms. The van der Waals surface area contributed by atoms with Crippen molar-refractivity contribution in [3.63, 3.8) is 0 Å². The molecule has 166 valence electrons. The first kappa shape index (κ1) is 22.3. The van der Waals surface area contributed by atoms with Crippen LogP contribution in [0.3, 0.4) is 0 Å². The van der Waals surface area contributed by atoms with Gasteiger partial charge < -0.3 is 19.5 Å². The lowest BCUT2D eigenvalue weighted by Crippen LogP contribution is -2.28. The molecule has 2 aromatic rings. The van der Waals surface area contributed by atoms with Crippen LogP contribution in [0.4, 0.5) is 5.69 Å². The van der Waals surface area contributed by atoms with Gasteiger partial charge in [-0.1, -0.05) is 23.4 Å². The number of thioether (sulfide) groups is 1. The third kappa shape index (κ3) is 4.95. The van der Waals surface area contributed by atoms with Crippen molar-refractivity contribution in [1.29, 1.82) is 0 Å². The van der Waals surface area contributed by atoms with Crippen LogP contribution in [-0.2, 0) is 4.79 Å². The summed E-state index contributed by atoms with van der Waals surface area (Å²) in [5, 5.41) is 10.1. The summed E-state index contributed by atoms with van der Waals surface area (Å²) in [6.45, 7) is 4.69. The third-order valence-corrected chi connectivity index (χ3v) is 7.10. The third-order valence-electron chi connectivity index (χ3n) is 5.60. The van der Waals surface area contributed by atoms with E-state index in [-0.39, 0.29) is 17.4 Å². The Hall–Kier alpha value is -1.93. The lowest BCUT2D eigenvalue weighted by Gasteiger charge is -2.26. The maximum atomic E-state index is 12.6. The molecule has 1 unspecified atom stereocenters. The number of hydrogen-bond acceptors (Lipinski definition) is 6. The van der Waals surface area contributed by atoms with E-state index in [0.29, 0.717) is 17.4 Å². The predicted octanol–water partition coefficient (Wildman–Crippen LogP) is 4.34. The predicted molar refractivity (Wildman–Crippen MR) is 123 cm³/mol. The Morgan fingerprint density at radius 2 is 2.13 bits per heavy atom. The molecule has 2 aliphatic rings. The van der Waals surface area contributed by atoms with E-state index in [1.807, 2.05) is 30.3 Å². The van der Waals surface area contributed by atoms with E-state index in [4.69, 9.17) is 21.1 Å². The second-order valence-electron chi connectivity index (χ2n) is 7.82. The topological polar surface area (TPSA) is 62.2 Å². The SMILES string of the molecule is COc1ccc(OCCCN2CC[C@H](O)C2)c(C2Sc3cc(Cl)ccc3N2C(C)=O)c1. The van der Waals surface area contributed by atoms with Crippen molar-refractivity contribution >= 4 is 35.0 Å². The highest BCUT2D eigenvalue weighted by Crippen LogP contribution is 2.54. The summed E-state index contributed by atoms with van der Waals surface area (Å²) in [6, 6.07) is 11.3. The minimum Gasteiger partial charge on any atom is -0.497 e. The lowest BCUT2D eigenvalue weighted by molar-refractivity contribution is -0.116. The molecule has 1 N–H and O–H groups in total. The van der Waals surface area contributed by atoms with Gasteiger partial charge in [-0.15, -0.1) is 0 Å². The van der Waals surface area contributed by atoms with Gasteiger partial charge in [-0.25, -0.2) is 0 Å². The zero-order chi connectivity index (χ0) is 22.0. The number of rotatable bonds is 7. The second-order valence-corrected chi connectivity index (χ2v) is 9.38. The summed E-state index contributed by atoms with van der Waals surface area (Å²) in [7, 11) is 1.63. The van der Waals surface area contributed by atoms with Gasteiger partial charge in [0.05, 0.1) is 25.5 Å². The van der Waals surface area contributed by atoms with Crippen molar-refractivity contribution in [3.8, 4) is 11.5 Å². The van der Waals surface area contributed by atoms with Gasteiger partial charge in [-0.05, 0) is 49.2 Å². The number of methoxy groups -OCH3 is 1. The van der Waals surface area contributed by atoms with Gasteiger partial charge in [0, 0.05) is 42.0 Å². The highest BCUT2D eigenvalue weighted by molar-refractivity contribution is 8.00. The van der Waals surface area contributed by atoms with E-state index in [2.05, 4.69) is 4.90 Å². The van der Waals surface area contributed by atoms with Crippen LogP contribution >= 0.6 is 23.4 Å². The molecule has 1 saturated heterocycles. The standard InChI is InChI=1S/C23H27ClN2O4S/c1-15(27)26-20-6-4-16(24)12-22(20)31-23(26)19-13-18(29-2)5-7-21(19)30-11-3-9-25-10-8-17(28)14-25/h4-7,12-13,17,23,28H,3,8-11,14H2,1-2H3/t17-,23?/m0/s1. The molecule has 4 rings (SSSR count). The molecule has 6 nitrogen and oxygen atoms in total. The van der Waals surface area contributed by atoms with E-state index in [9.17, 15) is 9.90 Å². The van der Waals surface area contributed by atoms with Crippen LogP contribution in [-0.4, -0.2) is 55.4 Å². The number of benzene rings is 2. The van der Waals surface area contributed by atoms with Crippen LogP contribution in [0.2, 0.25) is 5.02 Å². The summed E-state index contributed by atoms with van der Waals surface area (Å²) >= 11 is 7.77. The van der Waals surface area contributed by atoms with Gasteiger partial charge in [0.1, 0.15) is 16.9 Å². The first-order valence-corrected chi connectivity index (χ1v) is 11.7. The van der Waals surface area contributed by atoms with Crippen LogP contribution in [0.5, 0.6) is 11.5 Å². The molecule has 2 atom stereocenters. The number of hydrogen-bond donors (Lipinski definition) is 1. The molecule has 2 heterocycles. The summed E-state index contributed by atoms with van der Waals surface area (Å²) in [5.74, 6) is 1.41. The van der Waals surface area contributed by atoms with E-state index >= 15 is 0 Å². The van der Waals surface area contributed by atoms with Gasteiger partial charge >= 0.3 is 0 Å². The maximum absolute atomic E-state index is 12.6. The first-order valence-electron chi connectivity index (χ1n) is 10.4. The van der Waals surface area contributed by atoms with Crippen LogP contribution in [0.15, 0.2) is 41.3 Å². The Morgan fingerprint density at radius 3 is 2.84 bits per heavy atom. The van der Waals surface area contributed by atoms with Crippen molar-refractivity contribution < 1.29 is 19.4 Å². The zero-order valence-corrected chi connectivity index (χ0v) is 19.3. The molecular formula is C23H27ClN2O4S. The lowest BCUT2D eigenvalue weighted by atomic mass is 10.1. The molecule has 2 aliphatic heterocycles. The van der Waals surface area contributed by atoms with Crippen molar-refractivity contribution in [2.75, 3.05) is 38.3 Å². The number of amides is 1. The van der Waals surface area contributed by atoms with E-state index in [1.54, 1.807) is 36.8 Å². The molecule has 0 bridgehead atoms. The van der Waals surface area contributed by atoms with Gasteiger partial charge in [-0.3, -0.25) is 9.69 Å². The number of likely N-dealkylation sites (tertiary alicyclic amines) is 1. The van der Waals surface area contributed by atoms with Crippen LogP contribution in [0.1, 0.15) is 30.7 Å². The fourth-order valence-corrected chi connectivity index (χ4v) is 5.72. The number of ether oxygens (including phenoxy) is 2. The van der Waals surface area contributed by atoms with Crippen molar-refractivity contribution in [2.24, 2.45) is 0 Å².